The molecule has 1 saturated carbocycles. The Bertz CT molecular complexity index is 206. The second kappa shape index (κ2) is 7.34. The topological polar surface area (TPSA) is 32.7 Å². The van der Waals surface area contributed by atoms with Gasteiger partial charge in [0.05, 0.1) is 12.7 Å². The zero-order chi connectivity index (χ0) is 12.8. The Balaban J connectivity index is 2.43. The van der Waals surface area contributed by atoms with Gasteiger partial charge < -0.3 is 9.84 Å². The Hall–Kier alpha value is -0.120. The van der Waals surface area contributed by atoms with Crippen LogP contribution in [0.4, 0.5) is 0 Å². The summed E-state index contributed by atoms with van der Waals surface area (Å²) in [6.45, 7) is 9.03. The monoisotopic (exact) mass is 243 g/mol. The zero-order valence-electron chi connectivity index (χ0n) is 11.9. The largest absolute Gasteiger partial charge is 0.392 e. The van der Waals surface area contributed by atoms with E-state index in [0.29, 0.717) is 12.0 Å². The first-order valence-corrected chi connectivity index (χ1v) is 7.01. The third-order valence-corrected chi connectivity index (χ3v) is 4.19. The van der Waals surface area contributed by atoms with Crippen LogP contribution in [0.15, 0.2) is 0 Å². The summed E-state index contributed by atoms with van der Waals surface area (Å²) in [6.07, 6.45) is 3.53. The highest BCUT2D eigenvalue weighted by Gasteiger charge is 2.32. The molecule has 0 amide bonds. The molecule has 0 radical (unpaired) electrons. The number of aliphatic hydroxyl groups excluding tert-OH is 1. The standard InChI is InChI=1S/C14H29NO2/c1-5-11(2)14(16)10-15(8-9-17-4)12(3)13-6-7-13/h11-14,16H,5-10H2,1-4H3. The first-order chi connectivity index (χ1) is 8.10. The molecule has 0 aliphatic heterocycles. The van der Waals surface area contributed by atoms with Gasteiger partial charge in [0.1, 0.15) is 0 Å². The molecule has 102 valence electrons. The van der Waals surface area contributed by atoms with Crippen molar-refractivity contribution in [3.8, 4) is 0 Å². The van der Waals surface area contributed by atoms with Crippen LogP contribution in [0.25, 0.3) is 0 Å². The van der Waals surface area contributed by atoms with E-state index in [9.17, 15) is 5.11 Å². The summed E-state index contributed by atoms with van der Waals surface area (Å²) in [5.74, 6) is 1.22. The van der Waals surface area contributed by atoms with Gasteiger partial charge in [0.2, 0.25) is 0 Å². The van der Waals surface area contributed by atoms with Crippen LogP contribution in [0, 0.1) is 11.8 Å². The first kappa shape index (κ1) is 14.9. The summed E-state index contributed by atoms with van der Waals surface area (Å²) >= 11 is 0. The van der Waals surface area contributed by atoms with Gasteiger partial charge in [-0.2, -0.15) is 0 Å². The fraction of sp³-hybridized carbons (Fsp3) is 1.00. The summed E-state index contributed by atoms with van der Waals surface area (Å²) in [4.78, 5) is 2.40. The third kappa shape index (κ3) is 4.94. The Morgan fingerprint density at radius 3 is 2.47 bits per heavy atom. The zero-order valence-corrected chi connectivity index (χ0v) is 11.9. The minimum absolute atomic E-state index is 0.210. The predicted octanol–water partition coefficient (Wildman–Crippen LogP) is 2.14. The molecule has 0 aromatic rings. The molecule has 0 bridgehead atoms. The van der Waals surface area contributed by atoms with Gasteiger partial charge in [0, 0.05) is 26.2 Å². The fourth-order valence-electron chi connectivity index (χ4n) is 2.24. The van der Waals surface area contributed by atoms with Crippen LogP contribution in [-0.4, -0.2) is 49.0 Å². The van der Waals surface area contributed by atoms with E-state index < -0.39 is 0 Å². The summed E-state index contributed by atoms with van der Waals surface area (Å²) in [6, 6.07) is 0.587. The van der Waals surface area contributed by atoms with Gasteiger partial charge in [0.15, 0.2) is 0 Å². The lowest BCUT2D eigenvalue weighted by Gasteiger charge is -2.32. The molecule has 0 aromatic carbocycles. The highest BCUT2D eigenvalue weighted by atomic mass is 16.5. The maximum Gasteiger partial charge on any atom is 0.0692 e. The Kier molecular flexibility index (Phi) is 6.45. The number of hydrogen-bond donors (Lipinski definition) is 1. The van der Waals surface area contributed by atoms with Crippen LogP contribution in [0.3, 0.4) is 0 Å². The molecule has 0 spiro atoms. The normalized spacial score (nSPS) is 21.5. The second-order valence-electron chi connectivity index (χ2n) is 5.52. The number of nitrogens with zero attached hydrogens (tertiary/aromatic N) is 1. The van der Waals surface area contributed by atoms with Crippen molar-refractivity contribution in [1.29, 1.82) is 0 Å². The van der Waals surface area contributed by atoms with Gasteiger partial charge in [-0.05, 0) is 31.6 Å². The third-order valence-electron chi connectivity index (χ3n) is 4.19. The van der Waals surface area contributed by atoms with E-state index in [1.54, 1.807) is 7.11 Å². The molecule has 1 aliphatic carbocycles. The van der Waals surface area contributed by atoms with Crippen molar-refractivity contribution in [3.63, 3.8) is 0 Å². The molecule has 1 rings (SSSR count). The number of aliphatic hydroxyl groups is 1. The van der Waals surface area contributed by atoms with E-state index in [0.717, 1.165) is 32.0 Å². The maximum absolute atomic E-state index is 10.2. The van der Waals surface area contributed by atoms with Crippen LogP contribution in [0.5, 0.6) is 0 Å². The highest BCUT2D eigenvalue weighted by molar-refractivity contribution is 4.86. The van der Waals surface area contributed by atoms with E-state index in [4.69, 9.17) is 4.74 Å². The summed E-state index contributed by atoms with van der Waals surface area (Å²) in [5.41, 5.74) is 0. The van der Waals surface area contributed by atoms with Crippen molar-refractivity contribution in [3.05, 3.63) is 0 Å². The van der Waals surface area contributed by atoms with Crippen molar-refractivity contribution in [2.75, 3.05) is 26.8 Å². The number of ether oxygens (including phenoxy) is 1. The Labute approximate surface area is 106 Å². The van der Waals surface area contributed by atoms with Crippen molar-refractivity contribution >= 4 is 0 Å². The molecule has 1 N–H and O–H groups in total. The average molecular weight is 243 g/mol. The Morgan fingerprint density at radius 2 is 2.00 bits per heavy atom. The van der Waals surface area contributed by atoms with E-state index in [1.807, 2.05) is 0 Å². The van der Waals surface area contributed by atoms with Gasteiger partial charge in [-0.15, -0.1) is 0 Å². The summed E-state index contributed by atoms with van der Waals surface area (Å²) in [5, 5.41) is 10.2. The lowest BCUT2D eigenvalue weighted by molar-refractivity contribution is 0.0361. The molecule has 3 nitrogen and oxygen atoms in total. The van der Waals surface area contributed by atoms with E-state index >= 15 is 0 Å². The highest BCUT2D eigenvalue weighted by Crippen LogP contribution is 2.35. The molecular formula is C14H29NO2. The van der Waals surface area contributed by atoms with Gasteiger partial charge in [-0.1, -0.05) is 20.3 Å². The van der Waals surface area contributed by atoms with Crippen LogP contribution < -0.4 is 0 Å². The van der Waals surface area contributed by atoms with E-state index in [2.05, 4.69) is 25.7 Å². The van der Waals surface area contributed by atoms with E-state index in [1.165, 1.54) is 12.8 Å². The van der Waals surface area contributed by atoms with Crippen LogP contribution in [0.2, 0.25) is 0 Å². The molecule has 0 heterocycles. The second-order valence-corrected chi connectivity index (χ2v) is 5.52. The molecule has 17 heavy (non-hydrogen) atoms. The average Bonchev–Trinajstić information content (AvgIpc) is 3.16. The summed E-state index contributed by atoms with van der Waals surface area (Å²) in [7, 11) is 1.74. The lowest BCUT2D eigenvalue weighted by Crippen LogP contribution is -2.43. The van der Waals surface area contributed by atoms with Gasteiger partial charge in [-0.25, -0.2) is 0 Å². The smallest absolute Gasteiger partial charge is 0.0692 e. The van der Waals surface area contributed by atoms with Crippen molar-refractivity contribution in [2.45, 2.75) is 52.2 Å². The van der Waals surface area contributed by atoms with E-state index in [-0.39, 0.29) is 6.10 Å². The quantitative estimate of drug-likeness (QED) is 0.673. The molecule has 1 aliphatic rings. The SMILES string of the molecule is CCC(C)C(O)CN(CCOC)C(C)C1CC1. The van der Waals surface area contributed by atoms with Gasteiger partial charge in [-0.3, -0.25) is 4.90 Å². The summed E-state index contributed by atoms with van der Waals surface area (Å²) < 4.78 is 5.17. The molecule has 0 aromatic heterocycles. The minimum Gasteiger partial charge on any atom is -0.392 e. The van der Waals surface area contributed by atoms with Gasteiger partial charge in [0.25, 0.3) is 0 Å². The van der Waals surface area contributed by atoms with Crippen molar-refractivity contribution in [1.82, 2.24) is 4.90 Å². The number of hydrogen-bond acceptors (Lipinski definition) is 3. The number of methoxy groups -OCH3 is 1. The van der Waals surface area contributed by atoms with Crippen LogP contribution >= 0.6 is 0 Å². The maximum atomic E-state index is 10.2. The van der Waals surface area contributed by atoms with Crippen LogP contribution in [0.1, 0.15) is 40.0 Å². The fourth-order valence-corrected chi connectivity index (χ4v) is 2.24. The molecule has 3 atom stereocenters. The van der Waals surface area contributed by atoms with Crippen molar-refractivity contribution < 1.29 is 9.84 Å². The van der Waals surface area contributed by atoms with Crippen LogP contribution in [-0.2, 0) is 4.74 Å². The van der Waals surface area contributed by atoms with Gasteiger partial charge >= 0.3 is 0 Å². The Morgan fingerprint density at radius 1 is 1.35 bits per heavy atom. The molecule has 0 saturated heterocycles. The number of rotatable bonds is 9. The lowest BCUT2D eigenvalue weighted by atomic mass is 10.0. The predicted molar refractivity (Wildman–Crippen MR) is 71.1 cm³/mol. The molecule has 3 unspecified atom stereocenters. The minimum atomic E-state index is -0.210. The molecule has 3 heteroatoms. The first-order valence-electron chi connectivity index (χ1n) is 7.01. The van der Waals surface area contributed by atoms with Crippen molar-refractivity contribution in [2.24, 2.45) is 11.8 Å². The molecule has 1 fully saturated rings. The molecular weight excluding hydrogens is 214 g/mol.